The fraction of sp³-hybridized carbons (Fsp3) is 0.391. The molecule has 0 aliphatic rings. The van der Waals surface area contributed by atoms with E-state index < -0.39 is 0 Å². The van der Waals surface area contributed by atoms with Gasteiger partial charge in [-0.1, -0.05) is 49.4 Å². The van der Waals surface area contributed by atoms with Crippen LogP contribution < -0.4 is 10.6 Å². The Bertz CT molecular complexity index is 857. The quantitative estimate of drug-likeness (QED) is 0.280. The number of ether oxygens (including phenoxy) is 1. The summed E-state index contributed by atoms with van der Waals surface area (Å²) in [6, 6.07) is 18.4. The predicted octanol–water partition coefficient (Wildman–Crippen LogP) is 3.51. The van der Waals surface area contributed by atoms with E-state index in [2.05, 4.69) is 50.7 Å². The first kappa shape index (κ1) is 20.9. The van der Waals surface area contributed by atoms with Gasteiger partial charge in [-0.15, -0.1) is 0 Å². The number of fused-ring (bicyclic) bond motifs is 1. The lowest BCUT2D eigenvalue weighted by Crippen LogP contribution is -2.40. The average molecular weight is 394 g/mol. The fourth-order valence-electron chi connectivity index (χ4n) is 3.09. The highest BCUT2D eigenvalue weighted by Gasteiger charge is 2.05. The molecule has 6 heteroatoms. The first-order valence-corrected chi connectivity index (χ1v) is 10.2. The molecule has 0 amide bonds. The number of aromatic amines is 1. The van der Waals surface area contributed by atoms with Crippen molar-refractivity contribution in [3.8, 4) is 0 Å². The maximum atomic E-state index is 5.81. The molecular formula is C23H31N5O. The Kier molecular flexibility index (Phi) is 8.07. The molecule has 0 aliphatic heterocycles. The van der Waals surface area contributed by atoms with Crippen LogP contribution in [0.15, 0.2) is 59.6 Å². The van der Waals surface area contributed by atoms with Crippen LogP contribution in [0.5, 0.6) is 0 Å². The van der Waals surface area contributed by atoms with Crippen LogP contribution in [0.1, 0.15) is 24.7 Å². The second-order valence-electron chi connectivity index (χ2n) is 7.29. The third-order valence-electron chi connectivity index (χ3n) is 4.68. The van der Waals surface area contributed by atoms with Crippen LogP contribution in [-0.4, -0.2) is 42.7 Å². The number of imidazole rings is 1. The van der Waals surface area contributed by atoms with Crippen LogP contribution in [0.25, 0.3) is 11.0 Å². The van der Waals surface area contributed by atoms with Gasteiger partial charge in [-0.05, 0) is 30.0 Å². The van der Waals surface area contributed by atoms with Crippen molar-refractivity contribution in [3.05, 3.63) is 66.0 Å². The average Bonchev–Trinajstić information content (AvgIpc) is 3.17. The summed E-state index contributed by atoms with van der Waals surface area (Å²) in [4.78, 5) is 12.3. The molecule has 1 unspecified atom stereocenters. The van der Waals surface area contributed by atoms with Gasteiger partial charge in [-0.3, -0.25) is 4.99 Å². The van der Waals surface area contributed by atoms with Gasteiger partial charge in [0.2, 0.25) is 0 Å². The molecule has 3 aromatic rings. The Morgan fingerprint density at radius 2 is 1.90 bits per heavy atom. The smallest absolute Gasteiger partial charge is 0.190 e. The number of nitrogens with zero attached hydrogens (tertiary/aromatic N) is 2. The topological polar surface area (TPSA) is 74.3 Å². The summed E-state index contributed by atoms with van der Waals surface area (Å²) < 4.78 is 5.81. The summed E-state index contributed by atoms with van der Waals surface area (Å²) in [5, 5.41) is 6.74. The summed E-state index contributed by atoms with van der Waals surface area (Å²) in [7, 11) is 1.80. The molecule has 1 atom stereocenters. The van der Waals surface area contributed by atoms with E-state index in [4.69, 9.17) is 4.74 Å². The number of guanidine groups is 1. The standard InChI is InChI=1S/C23H31N5O/c1-18(16-29-17-19-9-4-3-5-10-19)15-26-23(24-2)25-14-8-13-22-27-20-11-6-7-12-21(20)28-22/h3-7,9-12,18H,8,13-17H2,1-2H3,(H,27,28)(H2,24,25,26). The zero-order chi connectivity index (χ0) is 20.3. The summed E-state index contributed by atoms with van der Waals surface area (Å²) in [5.74, 6) is 2.25. The molecule has 0 radical (unpaired) electrons. The van der Waals surface area contributed by atoms with E-state index in [-0.39, 0.29) is 0 Å². The van der Waals surface area contributed by atoms with Crippen LogP contribution >= 0.6 is 0 Å². The normalized spacial score (nSPS) is 12.8. The Labute approximate surface area is 172 Å². The molecule has 3 rings (SSSR count). The van der Waals surface area contributed by atoms with Gasteiger partial charge in [-0.25, -0.2) is 4.98 Å². The number of hydrogen-bond donors (Lipinski definition) is 3. The SMILES string of the molecule is CN=C(NCCCc1nc2ccccc2[nH]1)NCC(C)COCc1ccccc1. The number of H-pyrrole nitrogens is 1. The number of benzene rings is 2. The summed E-state index contributed by atoms with van der Waals surface area (Å²) >= 11 is 0. The molecule has 154 valence electrons. The second-order valence-corrected chi connectivity index (χ2v) is 7.29. The summed E-state index contributed by atoms with van der Waals surface area (Å²) in [5.41, 5.74) is 3.32. The largest absolute Gasteiger partial charge is 0.376 e. The minimum absolute atomic E-state index is 0.396. The number of para-hydroxylation sites is 2. The lowest BCUT2D eigenvalue weighted by molar-refractivity contribution is 0.0931. The van der Waals surface area contributed by atoms with Gasteiger partial charge >= 0.3 is 0 Å². The highest BCUT2D eigenvalue weighted by atomic mass is 16.5. The van der Waals surface area contributed by atoms with Crippen LogP contribution in [0.2, 0.25) is 0 Å². The van der Waals surface area contributed by atoms with Crippen LogP contribution in [0, 0.1) is 5.92 Å². The van der Waals surface area contributed by atoms with Gasteiger partial charge < -0.3 is 20.4 Å². The van der Waals surface area contributed by atoms with Crippen LogP contribution in [0.4, 0.5) is 0 Å². The third kappa shape index (κ3) is 6.91. The molecule has 6 nitrogen and oxygen atoms in total. The van der Waals surface area contributed by atoms with E-state index in [9.17, 15) is 0 Å². The summed E-state index contributed by atoms with van der Waals surface area (Å²) in [6.07, 6.45) is 1.89. The van der Waals surface area contributed by atoms with Gasteiger partial charge in [-0.2, -0.15) is 0 Å². The van der Waals surface area contributed by atoms with Crippen molar-refractivity contribution < 1.29 is 4.74 Å². The van der Waals surface area contributed by atoms with E-state index >= 15 is 0 Å². The van der Waals surface area contributed by atoms with Crippen molar-refractivity contribution in [2.75, 3.05) is 26.7 Å². The highest BCUT2D eigenvalue weighted by Crippen LogP contribution is 2.11. The molecule has 0 bridgehead atoms. The molecule has 0 saturated heterocycles. The Morgan fingerprint density at radius 1 is 1.10 bits per heavy atom. The fourth-order valence-corrected chi connectivity index (χ4v) is 3.09. The minimum Gasteiger partial charge on any atom is -0.376 e. The zero-order valence-corrected chi connectivity index (χ0v) is 17.3. The maximum absolute atomic E-state index is 5.81. The van der Waals surface area contributed by atoms with Crippen molar-refractivity contribution in [2.45, 2.75) is 26.4 Å². The summed E-state index contributed by atoms with van der Waals surface area (Å²) in [6.45, 7) is 5.20. The van der Waals surface area contributed by atoms with Gasteiger partial charge in [0.15, 0.2) is 5.96 Å². The van der Waals surface area contributed by atoms with Crippen LogP contribution in [-0.2, 0) is 17.8 Å². The van der Waals surface area contributed by atoms with Crippen molar-refractivity contribution in [1.29, 1.82) is 0 Å². The molecule has 1 heterocycles. The maximum Gasteiger partial charge on any atom is 0.190 e. The first-order valence-electron chi connectivity index (χ1n) is 10.2. The molecule has 0 aliphatic carbocycles. The van der Waals surface area contributed by atoms with E-state index in [0.29, 0.717) is 19.1 Å². The first-order chi connectivity index (χ1) is 14.2. The monoisotopic (exact) mass is 393 g/mol. The van der Waals surface area contributed by atoms with E-state index in [1.165, 1.54) is 5.56 Å². The highest BCUT2D eigenvalue weighted by molar-refractivity contribution is 5.79. The van der Waals surface area contributed by atoms with E-state index in [1.54, 1.807) is 7.05 Å². The number of aryl methyl sites for hydroxylation is 1. The van der Waals surface area contributed by atoms with Gasteiger partial charge in [0.25, 0.3) is 0 Å². The van der Waals surface area contributed by atoms with Gasteiger partial charge in [0.05, 0.1) is 24.2 Å². The number of aromatic nitrogens is 2. The minimum atomic E-state index is 0.396. The van der Waals surface area contributed by atoms with Gasteiger partial charge in [0, 0.05) is 26.6 Å². The predicted molar refractivity (Wildman–Crippen MR) is 119 cm³/mol. The lowest BCUT2D eigenvalue weighted by Gasteiger charge is -2.16. The van der Waals surface area contributed by atoms with Crippen molar-refractivity contribution in [2.24, 2.45) is 10.9 Å². The molecule has 3 N–H and O–H groups in total. The molecule has 0 saturated carbocycles. The lowest BCUT2D eigenvalue weighted by atomic mass is 10.2. The molecule has 0 spiro atoms. The van der Waals surface area contributed by atoms with E-state index in [1.807, 2.05) is 36.4 Å². The molecular weight excluding hydrogens is 362 g/mol. The van der Waals surface area contributed by atoms with Gasteiger partial charge in [0.1, 0.15) is 5.82 Å². The van der Waals surface area contributed by atoms with Crippen molar-refractivity contribution in [1.82, 2.24) is 20.6 Å². The second kappa shape index (κ2) is 11.2. The Balaban J connectivity index is 1.29. The van der Waals surface area contributed by atoms with Crippen LogP contribution in [0.3, 0.4) is 0 Å². The van der Waals surface area contributed by atoms with Crippen molar-refractivity contribution >= 4 is 17.0 Å². The molecule has 1 aromatic heterocycles. The number of nitrogens with one attached hydrogen (secondary N) is 3. The Morgan fingerprint density at radius 3 is 2.69 bits per heavy atom. The Hall–Kier alpha value is -2.86. The molecule has 0 fully saturated rings. The number of rotatable bonds is 10. The molecule has 29 heavy (non-hydrogen) atoms. The third-order valence-corrected chi connectivity index (χ3v) is 4.68. The van der Waals surface area contributed by atoms with E-state index in [0.717, 1.165) is 48.7 Å². The number of hydrogen-bond acceptors (Lipinski definition) is 3. The molecule has 2 aromatic carbocycles. The number of aliphatic imine (C=N–C) groups is 1. The zero-order valence-electron chi connectivity index (χ0n) is 17.3. The van der Waals surface area contributed by atoms with Crippen molar-refractivity contribution in [3.63, 3.8) is 0 Å².